The predicted octanol–water partition coefficient (Wildman–Crippen LogP) is 3.04. The molecule has 0 radical (unpaired) electrons. The van der Waals surface area contributed by atoms with Gasteiger partial charge < -0.3 is 9.88 Å². The summed E-state index contributed by atoms with van der Waals surface area (Å²) in [5.41, 5.74) is 0.608. The molecule has 24 heavy (non-hydrogen) atoms. The van der Waals surface area contributed by atoms with Crippen molar-refractivity contribution in [3.05, 3.63) is 40.4 Å². The van der Waals surface area contributed by atoms with Gasteiger partial charge in [0.05, 0.1) is 10.9 Å². The lowest BCUT2D eigenvalue weighted by Crippen LogP contribution is -2.33. The smallest absolute Gasteiger partial charge is 0.258 e. The molecule has 3 rings (SSSR count). The summed E-state index contributed by atoms with van der Waals surface area (Å²) in [5.74, 6) is 0.902. The predicted molar refractivity (Wildman–Crippen MR) is 95.0 cm³/mol. The molecule has 1 aromatic carbocycles. The molecule has 5 nitrogen and oxygen atoms in total. The van der Waals surface area contributed by atoms with E-state index >= 15 is 0 Å². The first-order valence-electron chi connectivity index (χ1n) is 9.00. The van der Waals surface area contributed by atoms with E-state index in [2.05, 4.69) is 9.97 Å². The Morgan fingerprint density at radius 1 is 1.08 bits per heavy atom. The molecule has 0 unspecified atom stereocenters. The lowest BCUT2D eigenvalue weighted by Gasteiger charge is -2.24. The van der Waals surface area contributed by atoms with Crippen LogP contribution in [0.4, 0.5) is 0 Å². The second-order valence-electron chi connectivity index (χ2n) is 6.53. The van der Waals surface area contributed by atoms with Gasteiger partial charge in [0.2, 0.25) is 5.91 Å². The number of likely N-dealkylation sites (tertiary alicyclic amines) is 1. The second-order valence-corrected chi connectivity index (χ2v) is 6.53. The number of H-pyrrole nitrogens is 1. The Morgan fingerprint density at radius 2 is 1.79 bits per heavy atom. The van der Waals surface area contributed by atoms with Crippen LogP contribution in [0.25, 0.3) is 10.9 Å². The van der Waals surface area contributed by atoms with Crippen molar-refractivity contribution in [3.8, 4) is 0 Å². The molecule has 1 aliphatic heterocycles. The third-order valence-electron chi connectivity index (χ3n) is 4.67. The maximum atomic E-state index is 12.4. The molecule has 2 heterocycles. The molecule has 0 bridgehead atoms. The first-order chi connectivity index (χ1) is 11.7. The third kappa shape index (κ3) is 4.22. The van der Waals surface area contributed by atoms with E-state index in [1.165, 1.54) is 19.3 Å². The summed E-state index contributed by atoms with van der Waals surface area (Å²) in [6, 6.07) is 7.33. The molecule has 1 aromatic heterocycles. The van der Waals surface area contributed by atoms with Crippen molar-refractivity contribution in [2.75, 3.05) is 13.1 Å². The maximum absolute atomic E-state index is 12.4. The molecule has 1 saturated heterocycles. The van der Waals surface area contributed by atoms with E-state index in [4.69, 9.17) is 0 Å². The quantitative estimate of drug-likeness (QED) is 0.938. The van der Waals surface area contributed by atoms with Crippen LogP contribution in [0, 0.1) is 0 Å². The van der Waals surface area contributed by atoms with E-state index in [0.29, 0.717) is 29.6 Å². The molecule has 0 atom stereocenters. The standard InChI is InChI=1S/C19H25N3O2/c23-18(22-13-6-2-1-3-7-14-22)12-8-11-17-20-16-10-5-4-9-15(16)19(24)21-17/h4-5,9-10H,1-3,6-8,11-14H2,(H,20,21,24). The summed E-state index contributed by atoms with van der Waals surface area (Å²) in [7, 11) is 0. The molecular weight excluding hydrogens is 302 g/mol. The minimum Gasteiger partial charge on any atom is -0.343 e. The highest BCUT2D eigenvalue weighted by Gasteiger charge is 2.14. The Morgan fingerprint density at radius 3 is 2.58 bits per heavy atom. The Kier molecular flexibility index (Phi) is 5.62. The number of aromatic nitrogens is 2. The number of nitrogens with zero attached hydrogens (tertiary/aromatic N) is 2. The number of nitrogens with one attached hydrogen (secondary N) is 1. The zero-order valence-corrected chi connectivity index (χ0v) is 14.1. The normalized spacial score (nSPS) is 15.9. The van der Waals surface area contributed by atoms with E-state index in [1.54, 1.807) is 6.07 Å². The van der Waals surface area contributed by atoms with Crippen molar-refractivity contribution in [2.45, 2.75) is 51.4 Å². The number of aromatic amines is 1. The van der Waals surface area contributed by atoms with E-state index in [-0.39, 0.29) is 11.5 Å². The fraction of sp³-hybridized carbons (Fsp3) is 0.526. The number of benzene rings is 1. The van der Waals surface area contributed by atoms with Crippen LogP contribution >= 0.6 is 0 Å². The number of carbonyl (C=O) groups is 1. The molecule has 2 aromatic rings. The molecule has 128 valence electrons. The molecule has 1 N–H and O–H groups in total. The summed E-state index contributed by atoms with van der Waals surface area (Å²) in [5, 5.41) is 0.609. The van der Waals surface area contributed by atoms with Crippen molar-refractivity contribution in [2.24, 2.45) is 0 Å². The van der Waals surface area contributed by atoms with E-state index < -0.39 is 0 Å². The summed E-state index contributed by atoms with van der Waals surface area (Å²) in [4.78, 5) is 33.7. The highest BCUT2D eigenvalue weighted by Crippen LogP contribution is 2.13. The number of hydrogen-bond donors (Lipinski definition) is 1. The van der Waals surface area contributed by atoms with Gasteiger partial charge in [-0.3, -0.25) is 9.59 Å². The number of rotatable bonds is 4. The van der Waals surface area contributed by atoms with Crippen LogP contribution in [0.15, 0.2) is 29.1 Å². The maximum Gasteiger partial charge on any atom is 0.258 e. The van der Waals surface area contributed by atoms with Gasteiger partial charge in [0.1, 0.15) is 5.82 Å². The average molecular weight is 327 g/mol. The number of hydrogen-bond acceptors (Lipinski definition) is 3. The van der Waals surface area contributed by atoms with Crippen LogP contribution in [0.1, 0.15) is 50.8 Å². The molecular formula is C19H25N3O2. The first-order valence-corrected chi connectivity index (χ1v) is 9.00. The minimum atomic E-state index is -0.106. The Balaban J connectivity index is 1.56. The van der Waals surface area contributed by atoms with Crippen molar-refractivity contribution >= 4 is 16.8 Å². The van der Waals surface area contributed by atoms with Gasteiger partial charge >= 0.3 is 0 Å². The SMILES string of the molecule is O=C(CCCc1nc2ccccc2c(=O)[nH]1)N1CCCCCCC1. The average Bonchev–Trinajstić information content (AvgIpc) is 2.54. The van der Waals surface area contributed by atoms with Crippen LogP contribution in [0.2, 0.25) is 0 Å². The monoisotopic (exact) mass is 327 g/mol. The van der Waals surface area contributed by atoms with Crippen molar-refractivity contribution in [1.82, 2.24) is 14.9 Å². The number of aryl methyl sites for hydroxylation is 1. The van der Waals surface area contributed by atoms with Crippen molar-refractivity contribution < 1.29 is 4.79 Å². The first kappa shape index (κ1) is 16.7. The van der Waals surface area contributed by atoms with E-state index in [9.17, 15) is 9.59 Å². The molecule has 1 aliphatic rings. The van der Waals surface area contributed by atoms with Gasteiger partial charge in [-0.25, -0.2) is 4.98 Å². The highest BCUT2D eigenvalue weighted by molar-refractivity contribution is 5.77. The molecule has 0 spiro atoms. The topological polar surface area (TPSA) is 66.1 Å². The third-order valence-corrected chi connectivity index (χ3v) is 4.67. The number of para-hydroxylation sites is 1. The number of amides is 1. The van der Waals surface area contributed by atoms with Crippen LogP contribution in [-0.2, 0) is 11.2 Å². The summed E-state index contributed by atoms with van der Waals surface area (Å²) in [6.45, 7) is 1.79. The minimum absolute atomic E-state index is 0.106. The van der Waals surface area contributed by atoms with Crippen molar-refractivity contribution in [1.29, 1.82) is 0 Å². The van der Waals surface area contributed by atoms with Crippen LogP contribution in [0.5, 0.6) is 0 Å². The fourth-order valence-electron chi connectivity index (χ4n) is 3.32. The molecule has 1 fully saturated rings. The lowest BCUT2D eigenvalue weighted by molar-refractivity contribution is -0.131. The van der Waals surface area contributed by atoms with Crippen molar-refractivity contribution in [3.63, 3.8) is 0 Å². The van der Waals surface area contributed by atoms with Gasteiger partial charge in [0, 0.05) is 25.9 Å². The van der Waals surface area contributed by atoms with Gasteiger partial charge in [0.25, 0.3) is 5.56 Å². The number of fused-ring (bicyclic) bond motifs is 1. The molecule has 1 amide bonds. The fourth-order valence-corrected chi connectivity index (χ4v) is 3.32. The summed E-state index contributed by atoms with van der Waals surface area (Å²) >= 11 is 0. The van der Waals surface area contributed by atoms with Gasteiger partial charge in [0.15, 0.2) is 0 Å². The summed E-state index contributed by atoms with van der Waals surface area (Å²) < 4.78 is 0. The lowest BCUT2D eigenvalue weighted by atomic mass is 10.1. The number of carbonyl (C=O) groups excluding carboxylic acids is 1. The zero-order chi connectivity index (χ0) is 16.8. The van der Waals surface area contributed by atoms with Gasteiger partial charge in [-0.15, -0.1) is 0 Å². The van der Waals surface area contributed by atoms with Gasteiger partial charge in [-0.1, -0.05) is 31.4 Å². The van der Waals surface area contributed by atoms with Gasteiger partial charge in [-0.05, 0) is 31.4 Å². The van der Waals surface area contributed by atoms with Crippen LogP contribution < -0.4 is 5.56 Å². The largest absolute Gasteiger partial charge is 0.343 e. The second kappa shape index (κ2) is 8.08. The molecule has 0 aliphatic carbocycles. The Labute approximate surface area is 142 Å². The van der Waals surface area contributed by atoms with Gasteiger partial charge in [-0.2, -0.15) is 0 Å². The molecule has 5 heteroatoms. The molecule has 0 saturated carbocycles. The van der Waals surface area contributed by atoms with E-state index in [0.717, 1.165) is 32.4 Å². The Hall–Kier alpha value is -2.17. The Bertz CT molecular complexity index is 746. The van der Waals surface area contributed by atoms with Crippen LogP contribution in [0.3, 0.4) is 0 Å². The summed E-state index contributed by atoms with van der Waals surface area (Å²) in [6.07, 6.45) is 7.85. The highest BCUT2D eigenvalue weighted by atomic mass is 16.2. The van der Waals surface area contributed by atoms with Crippen LogP contribution in [-0.4, -0.2) is 33.9 Å². The van der Waals surface area contributed by atoms with E-state index in [1.807, 2.05) is 23.1 Å². The zero-order valence-electron chi connectivity index (χ0n) is 14.1.